The van der Waals surface area contributed by atoms with Crippen molar-refractivity contribution >= 4 is 11.8 Å². The van der Waals surface area contributed by atoms with E-state index in [2.05, 4.69) is 5.10 Å². The van der Waals surface area contributed by atoms with Crippen LogP contribution in [0.3, 0.4) is 0 Å². The minimum atomic E-state index is -0.566. The Balaban J connectivity index is 1.94. The zero-order valence-electron chi connectivity index (χ0n) is 11.9. The van der Waals surface area contributed by atoms with E-state index in [0.29, 0.717) is 5.69 Å². The lowest BCUT2D eigenvalue weighted by Crippen LogP contribution is -2.30. The maximum atomic E-state index is 13.0. The highest BCUT2D eigenvalue weighted by molar-refractivity contribution is 5.89. The van der Waals surface area contributed by atoms with Crippen LogP contribution in [-0.4, -0.2) is 33.5 Å². The van der Waals surface area contributed by atoms with Gasteiger partial charge in [0.25, 0.3) is 0 Å². The Morgan fingerprint density at radius 1 is 1.36 bits per heavy atom. The number of amides is 2. The predicted octanol–water partition coefficient (Wildman–Crippen LogP) is 1.02. The molecule has 3 rings (SSSR count). The Morgan fingerprint density at radius 3 is 2.68 bits per heavy atom. The predicted molar refractivity (Wildman–Crippen MR) is 76.3 cm³/mol. The topological polar surface area (TPSA) is 81.2 Å². The molecular weight excluding hydrogens is 287 g/mol. The largest absolute Gasteiger partial charge is 0.369 e. The van der Waals surface area contributed by atoms with Crippen LogP contribution < -0.4 is 5.73 Å². The number of benzene rings is 1. The first kappa shape index (κ1) is 14.2. The summed E-state index contributed by atoms with van der Waals surface area (Å²) in [7, 11) is 1.64. The van der Waals surface area contributed by atoms with Crippen LogP contribution in [0, 0.1) is 11.7 Å². The van der Waals surface area contributed by atoms with Crippen LogP contribution in [-0.2, 0) is 9.59 Å². The molecule has 1 aliphatic rings. The summed E-state index contributed by atoms with van der Waals surface area (Å²) in [4.78, 5) is 24.9. The third kappa shape index (κ3) is 2.34. The fraction of sp³-hybridized carbons (Fsp3) is 0.267. The second-order valence-electron chi connectivity index (χ2n) is 5.36. The summed E-state index contributed by atoms with van der Waals surface area (Å²) < 4.78 is 14.5. The van der Waals surface area contributed by atoms with Crippen molar-refractivity contribution in [3.8, 4) is 5.69 Å². The number of primary amides is 1. The highest BCUT2D eigenvalue weighted by Crippen LogP contribution is 2.36. The van der Waals surface area contributed by atoms with Gasteiger partial charge in [-0.15, -0.1) is 0 Å². The summed E-state index contributed by atoms with van der Waals surface area (Å²) in [5, 5.41) is 4.22. The molecule has 1 aliphatic heterocycles. The fourth-order valence-electron chi connectivity index (χ4n) is 2.81. The van der Waals surface area contributed by atoms with Crippen LogP contribution in [0.15, 0.2) is 36.7 Å². The highest BCUT2D eigenvalue weighted by atomic mass is 19.1. The molecule has 1 aromatic carbocycles. The molecule has 0 unspecified atom stereocenters. The van der Waals surface area contributed by atoms with E-state index in [4.69, 9.17) is 5.73 Å². The van der Waals surface area contributed by atoms with Crippen molar-refractivity contribution < 1.29 is 14.0 Å². The number of carbonyl (C=O) groups excluding carboxylic acids is 2. The van der Waals surface area contributed by atoms with E-state index in [-0.39, 0.29) is 18.1 Å². The molecule has 2 atom stereocenters. The van der Waals surface area contributed by atoms with Gasteiger partial charge >= 0.3 is 0 Å². The Hall–Kier alpha value is -2.70. The molecule has 0 saturated carbocycles. The standard InChI is InChI=1S/C15H15FN4O2/c1-19-13(21)6-12(15(17)22)14(19)9-7-18-20(8-9)11-4-2-10(16)3-5-11/h2-5,7-8,12,14H,6H2,1H3,(H2,17,22)/t12-,14-/m1/s1. The monoisotopic (exact) mass is 302 g/mol. The van der Waals surface area contributed by atoms with Crippen molar-refractivity contribution in [1.29, 1.82) is 0 Å². The number of aromatic nitrogens is 2. The second-order valence-corrected chi connectivity index (χ2v) is 5.36. The minimum absolute atomic E-state index is 0.109. The molecule has 1 saturated heterocycles. The van der Waals surface area contributed by atoms with Crippen LogP contribution in [0.5, 0.6) is 0 Å². The summed E-state index contributed by atoms with van der Waals surface area (Å²) in [5.41, 5.74) is 6.81. The van der Waals surface area contributed by atoms with E-state index in [1.165, 1.54) is 17.0 Å². The van der Waals surface area contributed by atoms with Gasteiger partial charge in [0.05, 0.1) is 23.8 Å². The normalized spacial score (nSPS) is 21.4. The van der Waals surface area contributed by atoms with Crippen molar-refractivity contribution in [3.63, 3.8) is 0 Å². The molecule has 1 fully saturated rings. The molecule has 6 nitrogen and oxygen atoms in total. The molecule has 0 aliphatic carbocycles. The van der Waals surface area contributed by atoms with Crippen LogP contribution in [0.4, 0.5) is 4.39 Å². The molecule has 0 bridgehead atoms. The maximum absolute atomic E-state index is 13.0. The molecule has 2 amide bonds. The van der Waals surface area contributed by atoms with Gasteiger partial charge < -0.3 is 10.6 Å². The Kier molecular flexibility index (Phi) is 3.40. The fourth-order valence-corrected chi connectivity index (χ4v) is 2.81. The first-order valence-corrected chi connectivity index (χ1v) is 6.83. The van der Waals surface area contributed by atoms with Gasteiger partial charge in [0.15, 0.2) is 0 Å². The minimum Gasteiger partial charge on any atom is -0.369 e. The Bertz CT molecular complexity index is 725. The summed E-state index contributed by atoms with van der Waals surface area (Å²) in [6, 6.07) is 5.46. The average Bonchev–Trinajstić information content (AvgIpc) is 3.06. The van der Waals surface area contributed by atoms with E-state index < -0.39 is 17.9 Å². The zero-order chi connectivity index (χ0) is 15.9. The first-order chi connectivity index (χ1) is 10.5. The van der Waals surface area contributed by atoms with E-state index in [1.807, 2.05) is 0 Å². The summed E-state index contributed by atoms with van der Waals surface area (Å²) in [6.07, 6.45) is 3.43. The Morgan fingerprint density at radius 2 is 2.05 bits per heavy atom. The van der Waals surface area contributed by atoms with Gasteiger partial charge in [-0.3, -0.25) is 9.59 Å². The number of rotatable bonds is 3. The van der Waals surface area contributed by atoms with Crippen molar-refractivity contribution in [2.75, 3.05) is 7.05 Å². The van der Waals surface area contributed by atoms with Gasteiger partial charge in [0, 0.05) is 25.2 Å². The number of nitrogens with zero attached hydrogens (tertiary/aromatic N) is 3. The number of nitrogens with two attached hydrogens (primary N) is 1. The third-order valence-corrected chi connectivity index (χ3v) is 3.99. The molecule has 0 spiro atoms. The molecule has 0 radical (unpaired) electrons. The van der Waals surface area contributed by atoms with Gasteiger partial charge in [0.1, 0.15) is 5.82 Å². The summed E-state index contributed by atoms with van der Waals surface area (Å²) >= 11 is 0. The zero-order valence-corrected chi connectivity index (χ0v) is 11.9. The number of hydrogen-bond donors (Lipinski definition) is 1. The van der Waals surface area contributed by atoms with E-state index in [0.717, 1.165) is 5.56 Å². The second kappa shape index (κ2) is 5.25. The molecule has 2 heterocycles. The van der Waals surface area contributed by atoms with Crippen LogP contribution in [0.2, 0.25) is 0 Å². The molecule has 2 N–H and O–H groups in total. The molecule has 114 valence electrons. The molecule has 22 heavy (non-hydrogen) atoms. The average molecular weight is 302 g/mol. The number of carbonyl (C=O) groups is 2. The number of halogens is 1. The summed E-state index contributed by atoms with van der Waals surface area (Å²) in [5.74, 6) is -1.52. The van der Waals surface area contributed by atoms with Crippen LogP contribution >= 0.6 is 0 Å². The maximum Gasteiger partial charge on any atom is 0.223 e. The lowest BCUT2D eigenvalue weighted by molar-refractivity contribution is -0.128. The van der Waals surface area contributed by atoms with Gasteiger partial charge in [-0.2, -0.15) is 5.10 Å². The highest BCUT2D eigenvalue weighted by Gasteiger charge is 2.42. The van der Waals surface area contributed by atoms with E-state index in [9.17, 15) is 14.0 Å². The van der Waals surface area contributed by atoms with Crippen LogP contribution in [0.25, 0.3) is 5.69 Å². The molecule has 2 aromatic rings. The van der Waals surface area contributed by atoms with E-state index in [1.54, 1.807) is 36.3 Å². The number of likely N-dealkylation sites (tertiary alicyclic amines) is 1. The van der Waals surface area contributed by atoms with Gasteiger partial charge in [-0.25, -0.2) is 9.07 Å². The Labute approximate surface area is 126 Å². The van der Waals surface area contributed by atoms with Crippen molar-refractivity contribution in [3.05, 3.63) is 48.0 Å². The molecular formula is C15H15FN4O2. The SMILES string of the molecule is CN1C(=O)C[C@@H](C(N)=O)[C@H]1c1cnn(-c2ccc(F)cc2)c1. The van der Waals surface area contributed by atoms with Gasteiger partial charge in [-0.1, -0.05) is 0 Å². The summed E-state index contributed by atoms with van der Waals surface area (Å²) in [6.45, 7) is 0. The van der Waals surface area contributed by atoms with Gasteiger partial charge in [-0.05, 0) is 24.3 Å². The smallest absolute Gasteiger partial charge is 0.223 e. The van der Waals surface area contributed by atoms with Crippen molar-refractivity contribution in [1.82, 2.24) is 14.7 Å². The van der Waals surface area contributed by atoms with Gasteiger partial charge in [0.2, 0.25) is 11.8 Å². The first-order valence-electron chi connectivity index (χ1n) is 6.83. The third-order valence-electron chi connectivity index (χ3n) is 3.99. The van der Waals surface area contributed by atoms with Crippen LogP contribution in [0.1, 0.15) is 18.0 Å². The van der Waals surface area contributed by atoms with E-state index >= 15 is 0 Å². The lowest BCUT2D eigenvalue weighted by atomic mass is 9.95. The van der Waals surface area contributed by atoms with Crippen molar-refractivity contribution in [2.45, 2.75) is 12.5 Å². The number of hydrogen-bond acceptors (Lipinski definition) is 3. The molecule has 1 aromatic heterocycles. The van der Waals surface area contributed by atoms with Crippen molar-refractivity contribution in [2.24, 2.45) is 11.7 Å². The quantitative estimate of drug-likeness (QED) is 0.919. The molecule has 7 heteroatoms. The lowest BCUT2D eigenvalue weighted by Gasteiger charge is -2.21.